The number of hydrogen-bond donors (Lipinski definition) is 2. The summed E-state index contributed by atoms with van der Waals surface area (Å²) in [4.78, 5) is 23.9. The zero-order chi connectivity index (χ0) is 23.6. The molecular formula is C24H21BrFN3O4. The predicted molar refractivity (Wildman–Crippen MR) is 127 cm³/mol. The second-order valence-corrected chi connectivity index (χ2v) is 7.69. The molecule has 0 radical (unpaired) electrons. The molecule has 3 rings (SSSR count). The first-order chi connectivity index (χ1) is 15.9. The minimum atomic E-state index is -0.597. The number of amides is 2. The van der Waals surface area contributed by atoms with Gasteiger partial charge in [0.1, 0.15) is 18.8 Å². The molecule has 0 aliphatic rings. The molecule has 0 fully saturated rings. The van der Waals surface area contributed by atoms with Gasteiger partial charge in [-0.05, 0) is 63.5 Å². The standard InChI is InChI=1S/C24H21BrFN3O4/c1-32-21-12-17(11-20(25)24(21)33-15-16-5-3-2-4-6-16)14-27-29-23(31)13-22(30)28-19-9-7-18(26)8-10-19/h2-12,14H,13,15H2,1H3,(H,28,30)(H,29,31). The molecule has 9 heteroatoms. The molecule has 0 heterocycles. The van der Waals surface area contributed by atoms with Crippen molar-refractivity contribution in [1.82, 2.24) is 5.43 Å². The molecule has 7 nitrogen and oxygen atoms in total. The first-order valence-corrected chi connectivity index (χ1v) is 10.7. The maximum Gasteiger partial charge on any atom is 0.249 e. The van der Waals surface area contributed by atoms with Gasteiger partial charge in [0.15, 0.2) is 11.5 Å². The lowest BCUT2D eigenvalue weighted by Gasteiger charge is -2.13. The van der Waals surface area contributed by atoms with E-state index >= 15 is 0 Å². The third-order valence-corrected chi connectivity index (χ3v) is 4.92. The summed E-state index contributed by atoms with van der Waals surface area (Å²) in [6.07, 6.45) is 0.984. The fourth-order valence-electron chi connectivity index (χ4n) is 2.79. The molecule has 33 heavy (non-hydrogen) atoms. The van der Waals surface area contributed by atoms with E-state index in [0.29, 0.717) is 33.8 Å². The molecule has 0 unspecified atom stereocenters. The van der Waals surface area contributed by atoms with E-state index in [-0.39, 0.29) is 0 Å². The molecule has 0 aromatic heterocycles. The normalized spacial score (nSPS) is 10.6. The Balaban J connectivity index is 1.55. The van der Waals surface area contributed by atoms with Gasteiger partial charge in [-0.2, -0.15) is 5.10 Å². The van der Waals surface area contributed by atoms with Crippen LogP contribution in [0.2, 0.25) is 0 Å². The zero-order valence-corrected chi connectivity index (χ0v) is 19.3. The van der Waals surface area contributed by atoms with Crippen molar-refractivity contribution in [3.63, 3.8) is 0 Å². The Labute approximate surface area is 198 Å². The molecule has 2 amide bonds. The Kier molecular flexibility index (Phi) is 8.54. The number of ether oxygens (including phenoxy) is 2. The van der Waals surface area contributed by atoms with Crippen molar-refractivity contribution < 1.29 is 23.5 Å². The fraction of sp³-hybridized carbons (Fsp3) is 0.125. The van der Waals surface area contributed by atoms with Crippen molar-refractivity contribution >= 4 is 39.6 Å². The summed E-state index contributed by atoms with van der Waals surface area (Å²) in [5.74, 6) is -0.524. The minimum Gasteiger partial charge on any atom is -0.493 e. The summed E-state index contributed by atoms with van der Waals surface area (Å²) < 4.78 is 24.9. The van der Waals surface area contributed by atoms with Crippen LogP contribution in [-0.2, 0) is 16.2 Å². The van der Waals surface area contributed by atoms with E-state index < -0.39 is 24.1 Å². The van der Waals surface area contributed by atoms with Crippen molar-refractivity contribution in [2.75, 3.05) is 12.4 Å². The van der Waals surface area contributed by atoms with Crippen LogP contribution in [0.1, 0.15) is 17.5 Å². The van der Waals surface area contributed by atoms with Crippen LogP contribution in [0, 0.1) is 5.82 Å². The fourth-order valence-corrected chi connectivity index (χ4v) is 3.36. The van der Waals surface area contributed by atoms with Gasteiger partial charge in [0.05, 0.1) is 17.8 Å². The summed E-state index contributed by atoms with van der Waals surface area (Å²) in [7, 11) is 1.53. The van der Waals surface area contributed by atoms with Gasteiger partial charge < -0.3 is 14.8 Å². The average molecular weight is 514 g/mol. The molecule has 3 aromatic rings. The van der Waals surface area contributed by atoms with Gasteiger partial charge >= 0.3 is 0 Å². The summed E-state index contributed by atoms with van der Waals surface area (Å²) >= 11 is 3.47. The van der Waals surface area contributed by atoms with Gasteiger partial charge in [0.2, 0.25) is 11.8 Å². The number of hydrogen-bond acceptors (Lipinski definition) is 5. The van der Waals surface area contributed by atoms with Gasteiger partial charge in [-0.25, -0.2) is 9.82 Å². The van der Waals surface area contributed by atoms with Crippen molar-refractivity contribution in [1.29, 1.82) is 0 Å². The maximum atomic E-state index is 12.9. The monoisotopic (exact) mass is 513 g/mol. The first-order valence-electron chi connectivity index (χ1n) is 9.86. The van der Waals surface area contributed by atoms with E-state index in [0.717, 1.165) is 5.56 Å². The number of carbonyl (C=O) groups excluding carboxylic acids is 2. The number of halogens is 2. The van der Waals surface area contributed by atoms with Crippen molar-refractivity contribution in [3.05, 3.63) is 88.1 Å². The van der Waals surface area contributed by atoms with Crippen LogP contribution in [-0.4, -0.2) is 25.1 Å². The van der Waals surface area contributed by atoms with E-state index in [4.69, 9.17) is 9.47 Å². The topological polar surface area (TPSA) is 89.0 Å². The van der Waals surface area contributed by atoms with Crippen LogP contribution in [0.3, 0.4) is 0 Å². The van der Waals surface area contributed by atoms with Crippen molar-refractivity contribution in [3.8, 4) is 11.5 Å². The molecule has 2 N–H and O–H groups in total. The Hall–Kier alpha value is -3.72. The molecule has 0 aliphatic heterocycles. The lowest BCUT2D eigenvalue weighted by Crippen LogP contribution is -2.24. The number of methoxy groups -OCH3 is 1. The molecule has 170 valence electrons. The highest BCUT2D eigenvalue weighted by Crippen LogP contribution is 2.36. The van der Waals surface area contributed by atoms with Crippen LogP contribution in [0.5, 0.6) is 11.5 Å². The summed E-state index contributed by atoms with van der Waals surface area (Å²) in [6, 6.07) is 18.4. The van der Waals surface area contributed by atoms with Crippen molar-refractivity contribution in [2.45, 2.75) is 13.0 Å². The van der Waals surface area contributed by atoms with Gasteiger partial charge in [-0.15, -0.1) is 0 Å². The van der Waals surface area contributed by atoms with Crippen LogP contribution in [0.25, 0.3) is 0 Å². The number of nitrogens with zero attached hydrogens (tertiary/aromatic N) is 1. The lowest BCUT2D eigenvalue weighted by molar-refractivity contribution is -0.126. The lowest BCUT2D eigenvalue weighted by atomic mass is 10.2. The average Bonchev–Trinajstić information content (AvgIpc) is 2.80. The van der Waals surface area contributed by atoms with E-state index in [9.17, 15) is 14.0 Å². The van der Waals surface area contributed by atoms with Gasteiger partial charge in [-0.3, -0.25) is 9.59 Å². The third-order valence-electron chi connectivity index (χ3n) is 4.33. The smallest absolute Gasteiger partial charge is 0.249 e. The molecule has 0 bridgehead atoms. The third kappa shape index (κ3) is 7.43. The Morgan fingerprint density at radius 1 is 1.06 bits per heavy atom. The largest absolute Gasteiger partial charge is 0.493 e. The molecule has 0 saturated carbocycles. The second kappa shape index (κ2) is 11.8. The number of nitrogens with one attached hydrogen (secondary N) is 2. The summed E-state index contributed by atoms with van der Waals surface area (Å²) in [5.41, 5.74) is 4.35. The van der Waals surface area contributed by atoms with E-state index in [1.54, 1.807) is 12.1 Å². The van der Waals surface area contributed by atoms with Crippen LogP contribution >= 0.6 is 15.9 Å². The quantitative estimate of drug-likeness (QED) is 0.247. The zero-order valence-electron chi connectivity index (χ0n) is 17.7. The SMILES string of the molecule is COc1cc(C=NNC(=O)CC(=O)Nc2ccc(F)cc2)cc(Br)c1OCc1ccccc1. The maximum absolute atomic E-state index is 12.9. The molecule has 0 spiro atoms. The Morgan fingerprint density at radius 2 is 1.79 bits per heavy atom. The Morgan fingerprint density at radius 3 is 2.48 bits per heavy atom. The highest BCUT2D eigenvalue weighted by atomic mass is 79.9. The molecule has 0 aliphatic carbocycles. The number of carbonyl (C=O) groups is 2. The molecule has 0 saturated heterocycles. The first kappa shape index (κ1) is 23.9. The van der Waals surface area contributed by atoms with E-state index in [1.807, 2.05) is 30.3 Å². The minimum absolute atomic E-state index is 0.374. The highest BCUT2D eigenvalue weighted by Gasteiger charge is 2.12. The number of anilines is 1. The molecule has 3 aromatic carbocycles. The summed E-state index contributed by atoms with van der Waals surface area (Å²) in [5, 5.41) is 6.39. The van der Waals surface area contributed by atoms with Gasteiger partial charge in [0, 0.05) is 5.69 Å². The predicted octanol–water partition coefficient (Wildman–Crippen LogP) is 4.65. The van der Waals surface area contributed by atoms with Gasteiger partial charge in [0.25, 0.3) is 0 Å². The van der Waals surface area contributed by atoms with Crippen LogP contribution in [0.15, 0.2) is 76.3 Å². The Bertz CT molecular complexity index is 1140. The van der Waals surface area contributed by atoms with Crippen LogP contribution in [0.4, 0.5) is 10.1 Å². The molecule has 0 atom stereocenters. The molecular weight excluding hydrogens is 493 g/mol. The van der Waals surface area contributed by atoms with Crippen LogP contribution < -0.4 is 20.2 Å². The second-order valence-electron chi connectivity index (χ2n) is 6.83. The number of rotatable bonds is 9. The number of benzene rings is 3. The van der Waals surface area contributed by atoms with E-state index in [2.05, 4.69) is 31.8 Å². The van der Waals surface area contributed by atoms with E-state index in [1.165, 1.54) is 37.6 Å². The highest BCUT2D eigenvalue weighted by molar-refractivity contribution is 9.10. The van der Waals surface area contributed by atoms with Gasteiger partial charge in [-0.1, -0.05) is 30.3 Å². The number of hydrazone groups is 1. The van der Waals surface area contributed by atoms with Crippen molar-refractivity contribution in [2.24, 2.45) is 5.10 Å². The summed E-state index contributed by atoms with van der Waals surface area (Å²) in [6.45, 7) is 0.374.